The third-order valence-electron chi connectivity index (χ3n) is 3.46. The average molecular weight is 376 g/mol. The molecule has 0 bridgehead atoms. The predicted molar refractivity (Wildman–Crippen MR) is 93.5 cm³/mol. The maximum atomic E-state index is 12.3. The van der Waals surface area contributed by atoms with E-state index < -0.39 is 11.9 Å². The summed E-state index contributed by atoms with van der Waals surface area (Å²) in [7, 11) is 0. The van der Waals surface area contributed by atoms with E-state index in [0.717, 1.165) is 11.3 Å². The number of amides is 2. The zero-order valence-electron chi connectivity index (χ0n) is 14.1. The fourth-order valence-electron chi connectivity index (χ4n) is 2.33. The third kappa shape index (κ3) is 3.64. The molecule has 2 aromatic heterocycles. The topological polar surface area (TPSA) is 111 Å². The lowest BCUT2D eigenvalue weighted by molar-refractivity contribution is -0.123. The summed E-state index contributed by atoms with van der Waals surface area (Å²) >= 11 is 1.02. The number of fused-ring (bicyclic) bond motifs is 1. The summed E-state index contributed by atoms with van der Waals surface area (Å²) in [5.74, 6) is -0.574. The van der Waals surface area contributed by atoms with E-state index in [1.54, 1.807) is 26.0 Å². The molecule has 0 radical (unpaired) electrons. The molecule has 26 heavy (non-hydrogen) atoms. The minimum absolute atomic E-state index is 0.157. The van der Waals surface area contributed by atoms with E-state index >= 15 is 0 Å². The van der Waals surface area contributed by atoms with Gasteiger partial charge in [-0.1, -0.05) is 11.3 Å². The predicted octanol–water partition coefficient (Wildman–Crippen LogP) is 1.39. The zero-order valence-corrected chi connectivity index (χ0v) is 15.0. The van der Waals surface area contributed by atoms with E-state index in [9.17, 15) is 14.4 Å². The average Bonchev–Trinajstić information content (AvgIpc) is 2.98. The molecule has 0 spiro atoms. The molecule has 0 aromatic carbocycles. The van der Waals surface area contributed by atoms with Crippen LogP contribution in [0.4, 0.5) is 10.9 Å². The lowest BCUT2D eigenvalue weighted by atomic mass is 10.3. The highest BCUT2D eigenvalue weighted by Gasteiger charge is 2.28. The van der Waals surface area contributed by atoms with E-state index in [0.29, 0.717) is 22.1 Å². The number of aromatic nitrogens is 2. The Kier molecular flexibility index (Phi) is 5.12. The van der Waals surface area contributed by atoms with E-state index in [2.05, 4.69) is 15.3 Å². The molecular formula is C16H16N4O5S. The van der Waals surface area contributed by atoms with Crippen molar-refractivity contribution in [3.8, 4) is 5.75 Å². The summed E-state index contributed by atoms with van der Waals surface area (Å²) in [6, 6.07) is 3.36. The van der Waals surface area contributed by atoms with Crippen molar-refractivity contribution in [2.75, 3.05) is 30.0 Å². The van der Waals surface area contributed by atoms with Gasteiger partial charge in [0.25, 0.3) is 5.91 Å². The molecule has 0 saturated carbocycles. The SMILES string of the molecule is CCOC(=O)c1sc(NC(=O)CN2C(=O)COc3cccnc32)nc1C. The van der Waals surface area contributed by atoms with Gasteiger partial charge in [0.1, 0.15) is 11.4 Å². The number of esters is 1. The van der Waals surface area contributed by atoms with Gasteiger partial charge in [-0.2, -0.15) is 0 Å². The van der Waals surface area contributed by atoms with Crippen molar-refractivity contribution in [3.63, 3.8) is 0 Å². The van der Waals surface area contributed by atoms with Crippen molar-refractivity contribution in [2.24, 2.45) is 0 Å². The number of anilines is 2. The van der Waals surface area contributed by atoms with Crippen molar-refractivity contribution in [3.05, 3.63) is 28.9 Å². The second kappa shape index (κ2) is 7.48. The molecule has 0 atom stereocenters. The molecule has 9 nitrogen and oxygen atoms in total. The lowest BCUT2D eigenvalue weighted by Gasteiger charge is -2.27. The van der Waals surface area contributed by atoms with Crippen LogP contribution in [0.25, 0.3) is 0 Å². The van der Waals surface area contributed by atoms with Gasteiger partial charge < -0.3 is 14.8 Å². The molecular weight excluding hydrogens is 360 g/mol. The molecule has 0 aliphatic carbocycles. The maximum absolute atomic E-state index is 12.3. The number of pyridine rings is 1. The minimum atomic E-state index is -0.482. The van der Waals surface area contributed by atoms with Crippen LogP contribution in [0.5, 0.6) is 5.75 Å². The highest BCUT2D eigenvalue weighted by atomic mass is 32.1. The Bertz CT molecular complexity index is 866. The van der Waals surface area contributed by atoms with E-state index in [1.807, 2.05) is 0 Å². The van der Waals surface area contributed by atoms with Gasteiger partial charge in [-0.15, -0.1) is 0 Å². The molecule has 3 rings (SSSR count). The molecule has 10 heteroatoms. The van der Waals surface area contributed by atoms with Gasteiger partial charge >= 0.3 is 5.97 Å². The van der Waals surface area contributed by atoms with Gasteiger partial charge in [0.15, 0.2) is 23.3 Å². The van der Waals surface area contributed by atoms with Gasteiger partial charge in [-0.3, -0.25) is 14.5 Å². The fraction of sp³-hybridized carbons (Fsp3) is 0.312. The largest absolute Gasteiger partial charge is 0.480 e. The monoisotopic (exact) mass is 376 g/mol. The van der Waals surface area contributed by atoms with Crippen LogP contribution in [0, 0.1) is 6.92 Å². The van der Waals surface area contributed by atoms with Crippen LogP contribution < -0.4 is 15.0 Å². The standard InChI is InChI=1S/C16H16N4O5S/c1-3-24-15(23)13-9(2)18-16(26-13)19-11(21)7-20-12(22)8-25-10-5-4-6-17-14(10)20/h4-6H,3,7-8H2,1-2H3,(H,18,19,21). The normalized spacial score (nSPS) is 13.0. The molecule has 0 fully saturated rings. The van der Waals surface area contributed by atoms with Gasteiger partial charge in [-0.25, -0.2) is 14.8 Å². The van der Waals surface area contributed by atoms with Crippen LogP contribution in [0.2, 0.25) is 0 Å². The molecule has 1 N–H and O–H groups in total. The molecule has 0 unspecified atom stereocenters. The second-order valence-corrected chi connectivity index (χ2v) is 6.29. The Morgan fingerprint density at radius 3 is 3.04 bits per heavy atom. The first-order chi connectivity index (χ1) is 12.5. The number of nitrogens with one attached hydrogen (secondary N) is 1. The summed E-state index contributed by atoms with van der Waals surface area (Å²) < 4.78 is 10.2. The zero-order chi connectivity index (χ0) is 18.7. The number of nitrogens with zero attached hydrogens (tertiary/aromatic N) is 3. The highest BCUT2D eigenvalue weighted by Crippen LogP contribution is 2.29. The Morgan fingerprint density at radius 2 is 2.27 bits per heavy atom. The Morgan fingerprint density at radius 1 is 1.46 bits per heavy atom. The van der Waals surface area contributed by atoms with Crippen molar-refractivity contribution >= 4 is 40.1 Å². The van der Waals surface area contributed by atoms with E-state index in [-0.39, 0.29) is 30.8 Å². The van der Waals surface area contributed by atoms with Crippen LogP contribution in [0.1, 0.15) is 22.3 Å². The number of carbonyl (C=O) groups excluding carboxylic acids is 3. The molecule has 1 aliphatic heterocycles. The van der Waals surface area contributed by atoms with Crippen molar-refractivity contribution in [2.45, 2.75) is 13.8 Å². The molecule has 3 heterocycles. The van der Waals surface area contributed by atoms with Crippen molar-refractivity contribution in [1.29, 1.82) is 0 Å². The van der Waals surface area contributed by atoms with Gasteiger partial charge in [0.05, 0.1) is 12.3 Å². The van der Waals surface area contributed by atoms with Crippen molar-refractivity contribution in [1.82, 2.24) is 9.97 Å². The van der Waals surface area contributed by atoms with Gasteiger partial charge in [-0.05, 0) is 26.0 Å². The Labute approximate surface area is 153 Å². The molecule has 2 aromatic rings. The van der Waals surface area contributed by atoms with Crippen LogP contribution in [-0.2, 0) is 14.3 Å². The van der Waals surface area contributed by atoms with Crippen LogP contribution in [0.15, 0.2) is 18.3 Å². The lowest BCUT2D eigenvalue weighted by Crippen LogP contribution is -2.43. The quantitative estimate of drug-likeness (QED) is 0.785. The van der Waals surface area contributed by atoms with E-state index in [4.69, 9.17) is 9.47 Å². The minimum Gasteiger partial charge on any atom is -0.480 e. The number of hydrogen-bond acceptors (Lipinski definition) is 8. The summed E-state index contributed by atoms with van der Waals surface area (Å²) in [5, 5.41) is 2.86. The van der Waals surface area contributed by atoms with Crippen LogP contribution in [-0.4, -0.2) is 47.5 Å². The smallest absolute Gasteiger partial charge is 0.350 e. The van der Waals surface area contributed by atoms with Gasteiger partial charge in [0.2, 0.25) is 5.91 Å². The number of hydrogen-bond donors (Lipinski definition) is 1. The molecule has 136 valence electrons. The summed E-state index contributed by atoms with van der Waals surface area (Å²) in [4.78, 5) is 46.1. The Hall–Kier alpha value is -3.01. The third-order valence-corrected chi connectivity index (χ3v) is 4.52. The molecule has 1 aliphatic rings. The number of thiazole rings is 1. The van der Waals surface area contributed by atoms with Gasteiger partial charge in [0, 0.05) is 6.20 Å². The first-order valence-electron chi connectivity index (χ1n) is 7.82. The summed E-state index contributed by atoms with van der Waals surface area (Å²) in [5.41, 5.74) is 0.471. The number of ether oxygens (including phenoxy) is 2. The molecule has 0 saturated heterocycles. The van der Waals surface area contributed by atoms with Crippen LogP contribution in [0.3, 0.4) is 0 Å². The van der Waals surface area contributed by atoms with E-state index in [1.165, 1.54) is 11.1 Å². The second-order valence-electron chi connectivity index (χ2n) is 5.30. The number of carbonyl (C=O) groups is 3. The highest BCUT2D eigenvalue weighted by molar-refractivity contribution is 7.17. The maximum Gasteiger partial charge on any atom is 0.350 e. The fourth-order valence-corrected chi connectivity index (χ4v) is 3.21. The van der Waals surface area contributed by atoms with Crippen molar-refractivity contribution < 1.29 is 23.9 Å². The number of rotatable bonds is 5. The van der Waals surface area contributed by atoms with Crippen LogP contribution >= 0.6 is 11.3 Å². The summed E-state index contributed by atoms with van der Waals surface area (Å²) in [6.45, 7) is 3.23. The first-order valence-corrected chi connectivity index (χ1v) is 8.63. The Balaban J connectivity index is 1.71. The molecule has 2 amide bonds. The summed E-state index contributed by atoms with van der Waals surface area (Å²) in [6.07, 6.45) is 1.52. The first kappa shape index (κ1) is 17.8. The number of aryl methyl sites for hydroxylation is 1.